The molecule has 1 fully saturated rings. The molecule has 1 aromatic carbocycles. The van der Waals surface area contributed by atoms with Crippen molar-refractivity contribution in [1.82, 2.24) is 4.90 Å². The van der Waals surface area contributed by atoms with Gasteiger partial charge in [0, 0.05) is 5.56 Å². The molecule has 0 aliphatic carbocycles. The molecule has 108 valence electrons. The normalized spacial score (nSPS) is 33.0. The van der Waals surface area contributed by atoms with Crippen molar-refractivity contribution in [3.63, 3.8) is 0 Å². The second kappa shape index (κ2) is 4.10. The lowest BCUT2D eigenvalue weighted by Gasteiger charge is -2.49. The van der Waals surface area contributed by atoms with Crippen LogP contribution in [0, 0.1) is 5.92 Å². The molecule has 4 rings (SSSR count). The van der Waals surface area contributed by atoms with Gasteiger partial charge in [0.15, 0.2) is 5.17 Å². The Labute approximate surface area is 126 Å². The molecule has 0 aromatic heterocycles. The SMILES string of the molecule is CC(=O)[C@@H]1[C@@H]2c3ccccc3O[C@@]1(C)N=C1SCC(=O)N12. The van der Waals surface area contributed by atoms with Gasteiger partial charge in [-0.2, -0.15) is 0 Å². The Morgan fingerprint density at radius 1 is 1.48 bits per heavy atom. The molecule has 1 aromatic rings. The maximum Gasteiger partial charge on any atom is 0.239 e. The van der Waals surface area contributed by atoms with E-state index in [0.717, 1.165) is 5.56 Å². The summed E-state index contributed by atoms with van der Waals surface area (Å²) < 4.78 is 6.05. The van der Waals surface area contributed by atoms with Gasteiger partial charge in [-0.15, -0.1) is 0 Å². The summed E-state index contributed by atoms with van der Waals surface area (Å²) in [6.45, 7) is 3.37. The van der Waals surface area contributed by atoms with Crippen LogP contribution in [-0.4, -0.2) is 33.2 Å². The Morgan fingerprint density at radius 3 is 3.00 bits per heavy atom. The van der Waals surface area contributed by atoms with Gasteiger partial charge in [0.1, 0.15) is 17.5 Å². The molecule has 1 saturated heterocycles. The van der Waals surface area contributed by atoms with Gasteiger partial charge in [-0.05, 0) is 19.9 Å². The van der Waals surface area contributed by atoms with Crippen LogP contribution < -0.4 is 4.74 Å². The molecule has 3 aliphatic heterocycles. The number of para-hydroxylation sites is 1. The predicted octanol–water partition coefficient (Wildman–Crippen LogP) is 1.99. The van der Waals surface area contributed by atoms with Crippen molar-refractivity contribution in [2.24, 2.45) is 10.9 Å². The van der Waals surface area contributed by atoms with Crippen molar-refractivity contribution >= 4 is 28.6 Å². The van der Waals surface area contributed by atoms with Gasteiger partial charge in [0.25, 0.3) is 0 Å². The van der Waals surface area contributed by atoms with Crippen molar-refractivity contribution in [2.45, 2.75) is 25.6 Å². The van der Waals surface area contributed by atoms with Crippen molar-refractivity contribution in [2.75, 3.05) is 5.75 Å². The number of aliphatic imine (C=N–C) groups is 1. The average Bonchev–Trinajstić information content (AvgIpc) is 2.77. The molecule has 2 bridgehead atoms. The largest absolute Gasteiger partial charge is 0.465 e. The van der Waals surface area contributed by atoms with E-state index in [2.05, 4.69) is 4.99 Å². The third-order valence-corrected chi connectivity index (χ3v) is 5.22. The minimum Gasteiger partial charge on any atom is -0.465 e. The number of hydrogen-bond acceptors (Lipinski definition) is 5. The van der Waals surface area contributed by atoms with E-state index in [4.69, 9.17) is 4.74 Å². The first-order chi connectivity index (χ1) is 10.0. The fraction of sp³-hybridized carbons (Fsp3) is 0.400. The van der Waals surface area contributed by atoms with Gasteiger partial charge < -0.3 is 4.74 Å². The zero-order valence-electron chi connectivity index (χ0n) is 11.7. The van der Waals surface area contributed by atoms with E-state index in [1.54, 1.807) is 11.8 Å². The first-order valence-corrected chi connectivity index (χ1v) is 7.83. The molecular weight excluding hydrogens is 288 g/mol. The van der Waals surface area contributed by atoms with Crippen LogP contribution >= 0.6 is 11.8 Å². The molecule has 6 heteroatoms. The van der Waals surface area contributed by atoms with E-state index in [9.17, 15) is 9.59 Å². The van der Waals surface area contributed by atoms with Gasteiger partial charge in [-0.1, -0.05) is 30.0 Å². The summed E-state index contributed by atoms with van der Waals surface area (Å²) in [5, 5.41) is 0.666. The molecule has 0 spiro atoms. The maximum absolute atomic E-state index is 12.3. The second-order valence-electron chi connectivity index (χ2n) is 5.67. The van der Waals surface area contributed by atoms with Crippen LogP contribution in [0.3, 0.4) is 0 Å². The Balaban J connectivity index is 1.99. The Morgan fingerprint density at radius 2 is 2.24 bits per heavy atom. The molecule has 0 unspecified atom stereocenters. The fourth-order valence-corrected chi connectivity index (χ4v) is 4.47. The zero-order valence-corrected chi connectivity index (χ0v) is 12.5. The Kier molecular flexibility index (Phi) is 2.52. The Hall–Kier alpha value is -1.82. The number of nitrogens with zero attached hydrogens (tertiary/aromatic N) is 2. The van der Waals surface area contributed by atoms with E-state index in [1.807, 2.05) is 31.2 Å². The number of Topliss-reactive ketones (excluding diaryl/α,β-unsaturated/α-hetero) is 1. The number of fused-ring (bicyclic) bond motifs is 6. The van der Waals surface area contributed by atoms with E-state index >= 15 is 0 Å². The number of ether oxygens (including phenoxy) is 1. The molecule has 3 atom stereocenters. The third-order valence-electron chi connectivity index (χ3n) is 4.28. The highest BCUT2D eigenvalue weighted by atomic mass is 32.2. The van der Waals surface area contributed by atoms with E-state index in [1.165, 1.54) is 11.8 Å². The van der Waals surface area contributed by atoms with Gasteiger partial charge in [-0.3, -0.25) is 14.5 Å². The van der Waals surface area contributed by atoms with Gasteiger partial charge in [-0.25, -0.2) is 4.99 Å². The summed E-state index contributed by atoms with van der Waals surface area (Å²) in [6, 6.07) is 7.27. The Bertz CT molecular complexity index is 702. The summed E-state index contributed by atoms with van der Waals surface area (Å²) in [5.74, 6) is 0.602. The average molecular weight is 302 g/mol. The van der Waals surface area contributed by atoms with E-state index in [-0.39, 0.29) is 17.7 Å². The molecular formula is C15H14N2O3S. The van der Waals surface area contributed by atoms with Crippen molar-refractivity contribution in [3.05, 3.63) is 29.8 Å². The number of thioether (sulfide) groups is 1. The summed E-state index contributed by atoms with van der Waals surface area (Å²) in [4.78, 5) is 30.8. The zero-order chi connectivity index (χ0) is 14.8. The van der Waals surface area contributed by atoms with Gasteiger partial charge in [0.2, 0.25) is 11.6 Å². The van der Waals surface area contributed by atoms with Crippen LogP contribution in [0.4, 0.5) is 0 Å². The van der Waals surface area contributed by atoms with Gasteiger partial charge in [0.05, 0.1) is 11.8 Å². The third kappa shape index (κ3) is 1.62. The lowest BCUT2D eigenvalue weighted by molar-refractivity contribution is -0.140. The first-order valence-electron chi connectivity index (χ1n) is 6.84. The first kappa shape index (κ1) is 12.9. The highest BCUT2D eigenvalue weighted by Crippen LogP contribution is 2.52. The number of amidine groups is 1. The lowest BCUT2D eigenvalue weighted by atomic mass is 9.78. The maximum atomic E-state index is 12.3. The molecule has 0 radical (unpaired) electrons. The number of hydrogen-bond donors (Lipinski definition) is 0. The van der Waals surface area contributed by atoms with Crippen LogP contribution in [-0.2, 0) is 9.59 Å². The minimum absolute atomic E-state index is 0.00810. The summed E-state index contributed by atoms with van der Waals surface area (Å²) >= 11 is 1.41. The van der Waals surface area contributed by atoms with Crippen LogP contribution in [0.15, 0.2) is 29.3 Å². The highest BCUT2D eigenvalue weighted by Gasteiger charge is 2.58. The van der Waals surface area contributed by atoms with Gasteiger partial charge >= 0.3 is 0 Å². The molecule has 3 aliphatic rings. The lowest BCUT2D eigenvalue weighted by Crippen LogP contribution is -2.58. The topological polar surface area (TPSA) is 59.0 Å². The number of rotatable bonds is 1. The molecule has 5 nitrogen and oxygen atoms in total. The van der Waals surface area contributed by atoms with Crippen molar-refractivity contribution in [1.29, 1.82) is 0 Å². The smallest absolute Gasteiger partial charge is 0.239 e. The number of carbonyl (C=O) groups is 2. The number of carbonyl (C=O) groups excluding carboxylic acids is 2. The summed E-state index contributed by atoms with van der Waals surface area (Å²) in [7, 11) is 0. The van der Waals surface area contributed by atoms with Crippen LogP contribution in [0.25, 0.3) is 0 Å². The summed E-state index contributed by atoms with van der Waals surface area (Å²) in [5.41, 5.74) is -0.0488. The van der Waals surface area contributed by atoms with Crippen molar-refractivity contribution < 1.29 is 14.3 Å². The van der Waals surface area contributed by atoms with Crippen LogP contribution in [0.1, 0.15) is 25.5 Å². The molecule has 0 saturated carbocycles. The van der Waals surface area contributed by atoms with Crippen LogP contribution in [0.2, 0.25) is 0 Å². The molecule has 0 N–H and O–H groups in total. The highest BCUT2D eigenvalue weighted by molar-refractivity contribution is 8.15. The second-order valence-corrected chi connectivity index (χ2v) is 6.62. The fourth-order valence-electron chi connectivity index (χ4n) is 3.48. The van der Waals surface area contributed by atoms with Crippen LogP contribution in [0.5, 0.6) is 5.75 Å². The van der Waals surface area contributed by atoms with E-state index in [0.29, 0.717) is 16.7 Å². The predicted molar refractivity (Wildman–Crippen MR) is 79.1 cm³/mol. The van der Waals surface area contributed by atoms with Crippen molar-refractivity contribution in [3.8, 4) is 5.75 Å². The monoisotopic (exact) mass is 302 g/mol. The van der Waals surface area contributed by atoms with E-state index < -0.39 is 11.6 Å². The minimum atomic E-state index is -0.936. The quantitative estimate of drug-likeness (QED) is 0.796. The summed E-state index contributed by atoms with van der Waals surface area (Å²) in [6.07, 6.45) is 0. The number of amides is 1. The standard InChI is InChI=1S/C15H14N2O3S/c1-8(18)12-13-9-5-3-4-6-10(9)20-15(12,2)16-14-17(13)11(19)7-21-14/h3-6,12-13H,7H2,1-2H3/t12-,13+,15-/m1/s1. The molecule has 3 heterocycles. The number of ketones is 1. The molecule has 1 amide bonds. The number of benzene rings is 1. The molecule has 21 heavy (non-hydrogen) atoms.